The van der Waals surface area contributed by atoms with E-state index >= 15 is 0 Å². The maximum Gasteiger partial charge on any atom is 0.325 e. The topological polar surface area (TPSA) is 69.7 Å². The molecule has 5 nitrogen and oxygen atoms in total. The average Bonchev–Trinajstić information content (AvgIpc) is 3.03. The van der Waals surface area contributed by atoms with Crippen LogP contribution in [-0.2, 0) is 19.1 Å². The van der Waals surface area contributed by atoms with Crippen molar-refractivity contribution >= 4 is 33.7 Å². The van der Waals surface area contributed by atoms with Gasteiger partial charge in [0, 0.05) is 16.0 Å². The Labute approximate surface area is 148 Å². The molecule has 1 aliphatic carbocycles. The van der Waals surface area contributed by atoms with Gasteiger partial charge < -0.3 is 9.47 Å². The second-order valence-corrected chi connectivity index (χ2v) is 7.91. The Morgan fingerprint density at radius 3 is 2.33 bits per heavy atom. The molecular formula is C18H19BrO5. The monoisotopic (exact) mass is 394 g/mol. The molecule has 0 N–H and O–H groups in total. The van der Waals surface area contributed by atoms with Gasteiger partial charge in [0.1, 0.15) is 5.60 Å². The second-order valence-electron chi connectivity index (χ2n) is 6.99. The van der Waals surface area contributed by atoms with E-state index in [0.29, 0.717) is 5.56 Å². The lowest BCUT2D eigenvalue weighted by Crippen LogP contribution is -2.39. The molecule has 3 atom stereocenters. The van der Waals surface area contributed by atoms with Crippen LogP contribution in [0.1, 0.15) is 38.1 Å². The summed E-state index contributed by atoms with van der Waals surface area (Å²) in [5.74, 6) is -2.11. The van der Waals surface area contributed by atoms with Crippen molar-refractivity contribution in [2.24, 2.45) is 16.7 Å². The number of benzene rings is 1. The first-order valence-electron chi connectivity index (χ1n) is 7.85. The molecule has 1 saturated carbocycles. The van der Waals surface area contributed by atoms with Crippen LogP contribution < -0.4 is 0 Å². The Morgan fingerprint density at radius 2 is 1.79 bits per heavy atom. The van der Waals surface area contributed by atoms with Crippen LogP contribution in [-0.4, -0.2) is 29.9 Å². The molecule has 1 heterocycles. The maximum absolute atomic E-state index is 13.2. The van der Waals surface area contributed by atoms with E-state index in [0.717, 1.165) is 4.47 Å². The lowest BCUT2D eigenvalue weighted by Gasteiger charge is -2.26. The maximum atomic E-state index is 13.2. The van der Waals surface area contributed by atoms with Crippen LogP contribution in [0.25, 0.3) is 0 Å². The number of cyclic esters (lactones) is 1. The van der Waals surface area contributed by atoms with E-state index in [1.54, 1.807) is 52.0 Å². The molecule has 0 unspecified atom stereocenters. The molecule has 3 rings (SSSR count). The van der Waals surface area contributed by atoms with Gasteiger partial charge in [-0.05, 0) is 32.9 Å². The molecule has 2 aliphatic rings. The zero-order valence-corrected chi connectivity index (χ0v) is 15.6. The molecule has 0 bridgehead atoms. The summed E-state index contributed by atoms with van der Waals surface area (Å²) >= 11 is 3.33. The first kappa shape index (κ1) is 17.1. The predicted molar refractivity (Wildman–Crippen MR) is 89.3 cm³/mol. The fraction of sp³-hybridized carbons (Fsp3) is 0.500. The number of rotatable bonds is 4. The molecule has 1 aromatic carbocycles. The highest BCUT2D eigenvalue weighted by Gasteiger charge is 2.94. The van der Waals surface area contributed by atoms with Crippen molar-refractivity contribution in [3.05, 3.63) is 34.3 Å². The highest BCUT2D eigenvalue weighted by Crippen LogP contribution is 2.78. The van der Waals surface area contributed by atoms with E-state index in [1.165, 1.54) is 0 Å². The summed E-state index contributed by atoms with van der Waals surface area (Å²) in [5, 5.41) is 0. The van der Waals surface area contributed by atoms with Crippen molar-refractivity contribution in [2.75, 3.05) is 6.61 Å². The van der Waals surface area contributed by atoms with E-state index < -0.39 is 34.3 Å². The number of esters is 2. The molecule has 128 valence electrons. The van der Waals surface area contributed by atoms with Crippen LogP contribution in [0.5, 0.6) is 0 Å². The summed E-state index contributed by atoms with van der Waals surface area (Å²) in [7, 11) is 0. The van der Waals surface area contributed by atoms with E-state index in [4.69, 9.17) is 9.47 Å². The smallest absolute Gasteiger partial charge is 0.325 e. The Balaban J connectivity index is 2.09. The van der Waals surface area contributed by atoms with E-state index in [9.17, 15) is 14.4 Å². The van der Waals surface area contributed by atoms with E-state index in [2.05, 4.69) is 15.9 Å². The third kappa shape index (κ3) is 1.89. The Hall–Kier alpha value is -1.69. The highest BCUT2D eigenvalue weighted by molar-refractivity contribution is 9.10. The van der Waals surface area contributed by atoms with Gasteiger partial charge in [-0.25, -0.2) is 0 Å². The largest absolute Gasteiger partial charge is 0.465 e. The van der Waals surface area contributed by atoms with Crippen molar-refractivity contribution in [2.45, 2.75) is 33.3 Å². The molecule has 0 aromatic heterocycles. The lowest BCUT2D eigenvalue weighted by molar-refractivity contribution is -0.166. The summed E-state index contributed by atoms with van der Waals surface area (Å²) in [6, 6.07) is 6.89. The third-order valence-electron chi connectivity index (χ3n) is 5.29. The van der Waals surface area contributed by atoms with Crippen molar-refractivity contribution in [3.8, 4) is 0 Å². The van der Waals surface area contributed by atoms with Gasteiger partial charge in [-0.3, -0.25) is 14.4 Å². The van der Waals surface area contributed by atoms with Gasteiger partial charge in [-0.1, -0.05) is 35.0 Å². The van der Waals surface area contributed by atoms with Crippen molar-refractivity contribution in [1.82, 2.24) is 0 Å². The number of carbonyl (C=O) groups is 3. The van der Waals surface area contributed by atoms with Crippen LogP contribution in [0.2, 0.25) is 0 Å². The normalized spacial score (nSPS) is 32.7. The summed E-state index contributed by atoms with van der Waals surface area (Å²) < 4.78 is 11.4. The number of ether oxygens (including phenoxy) is 2. The number of fused-ring (bicyclic) bond motifs is 1. The Morgan fingerprint density at radius 1 is 1.21 bits per heavy atom. The van der Waals surface area contributed by atoms with Gasteiger partial charge in [0.05, 0.1) is 12.0 Å². The van der Waals surface area contributed by atoms with Gasteiger partial charge in [-0.15, -0.1) is 0 Å². The van der Waals surface area contributed by atoms with Crippen LogP contribution in [0.4, 0.5) is 0 Å². The first-order chi connectivity index (χ1) is 11.1. The van der Waals surface area contributed by atoms with Gasteiger partial charge >= 0.3 is 11.9 Å². The molecule has 1 saturated heterocycles. The molecule has 24 heavy (non-hydrogen) atoms. The Kier molecular flexibility index (Phi) is 3.68. The molecule has 1 aliphatic heterocycles. The van der Waals surface area contributed by atoms with Crippen molar-refractivity contribution in [1.29, 1.82) is 0 Å². The standard InChI is InChI=1S/C18H19BrO5/c1-5-23-14(21)18-13(16(2,3)24-15(18)22)17(18,4)12(20)10-6-8-11(19)9-7-10/h6-9,13H,5H2,1-4H3/t13-,17-,18-/m1/s1. The fourth-order valence-electron chi connectivity index (χ4n) is 4.41. The molecule has 1 aromatic rings. The minimum absolute atomic E-state index is 0.142. The van der Waals surface area contributed by atoms with Crippen LogP contribution in [0.3, 0.4) is 0 Å². The minimum atomic E-state index is -1.54. The lowest BCUT2D eigenvalue weighted by atomic mass is 9.85. The number of Topliss-reactive ketones (excluding diaryl/α,β-unsaturated/α-hetero) is 1. The zero-order chi connectivity index (χ0) is 17.9. The van der Waals surface area contributed by atoms with Crippen molar-refractivity contribution in [3.63, 3.8) is 0 Å². The Bertz CT molecular complexity index is 738. The quantitative estimate of drug-likeness (QED) is 0.445. The fourth-order valence-corrected chi connectivity index (χ4v) is 4.68. The average molecular weight is 395 g/mol. The number of halogens is 1. The van der Waals surface area contributed by atoms with Crippen LogP contribution in [0.15, 0.2) is 28.7 Å². The van der Waals surface area contributed by atoms with Crippen molar-refractivity contribution < 1.29 is 23.9 Å². The molecule has 0 spiro atoms. The number of carbonyl (C=O) groups excluding carboxylic acids is 3. The molecule has 2 fully saturated rings. The minimum Gasteiger partial charge on any atom is -0.465 e. The molecular weight excluding hydrogens is 376 g/mol. The van der Waals surface area contributed by atoms with Gasteiger partial charge in [0.2, 0.25) is 0 Å². The number of hydrogen-bond donors (Lipinski definition) is 0. The van der Waals surface area contributed by atoms with Crippen LogP contribution >= 0.6 is 15.9 Å². The summed E-state index contributed by atoms with van der Waals surface area (Å²) in [6.45, 7) is 6.95. The van der Waals surface area contributed by atoms with Gasteiger partial charge in [0.25, 0.3) is 0 Å². The SMILES string of the molecule is CCOC(=O)[C@@]12C(=O)OC(C)(C)[C@@H]1[C@@]2(C)C(=O)c1ccc(Br)cc1. The third-order valence-corrected chi connectivity index (χ3v) is 5.82. The van der Waals surface area contributed by atoms with Crippen LogP contribution in [0, 0.1) is 16.7 Å². The molecule has 6 heteroatoms. The van der Waals surface area contributed by atoms with E-state index in [-0.39, 0.29) is 12.4 Å². The summed E-state index contributed by atoms with van der Waals surface area (Å²) in [5.41, 5.74) is -3.14. The zero-order valence-electron chi connectivity index (χ0n) is 14.0. The number of hydrogen-bond acceptors (Lipinski definition) is 5. The van der Waals surface area contributed by atoms with Gasteiger partial charge in [-0.2, -0.15) is 0 Å². The molecule has 0 radical (unpaired) electrons. The first-order valence-corrected chi connectivity index (χ1v) is 8.64. The number of ketones is 1. The molecule has 0 amide bonds. The predicted octanol–water partition coefficient (Wildman–Crippen LogP) is 3.15. The summed E-state index contributed by atoms with van der Waals surface area (Å²) in [6.07, 6.45) is 0. The second kappa shape index (κ2) is 5.15. The van der Waals surface area contributed by atoms with Gasteiger partial charge in [0.15, 0.2) is 11.2 Å². The summed E-state index contributed by atoms with van der Waals surface area (Å²) in [4.78, 5) is 38.4. The highest BCUT2D eigenvalue weighted by atomic mass is 79.9. The van der Waals surface area contributed by atoms with E-state index in [1.807, 2.05) is 0 Å².